The Morgan fingerprint density at radius 3 is 2.54 bits per heavy atom. The summed E-state index contributed by atoms with van der Waals surface area (Å²) in [5.74, 6) is -0.177. The minimum atomic E-state index is -0.177. The highest BCUT2D eigenvalue weighted by atomic mass is 32.2. The number of hydrogen-bond acceptors (Lipinski definition) is 4. The SMILES string of the molecule is CSC(C)CNCC(=O)OC(C)C. The van der Waals surface area contributed by atoms with Crippen molar-refractivity contribution in [3.8, 4) is 0 Å². The standard InChI is InChI=1S/C9H19NO2S/c1-7(2)12-9(11)6-10-5-8(3)13-4/h7-8,10H,5-6H2,1-4H3. The van der Waals surface area contributed by atoms with Crippen LogP contribution in [-0.2, 0) is 9.53 Å². The third-order valence-corrected chi connectivity index (χ3v) is 2.44. The lowest BCUT2D eigenvalue weighted by Crippen LogP contribution is -2.30. The predicted molar refractivity (Wildman–Crippen MR) is 57.1 cm³/mol. The molecule has 0 spiro atoms. The summed E-state index contributed by atoms with van der Waals surface area (Å²) < 4.78 is 4.96. The molecule has 0 bridgehead atoms. The van der Waals surface area contributed by atoms with E-state index in [-0.39, 0.29) is 12.1 Å². The van der Waals surface area contributed by atoms with Crippen LogP contribution in [0.5, 0.6) is 0 Å². The Balaban J connectivity index is 3.37. The summed E-state index contributed by atoms with van der Waals surface area (Å²) in [5.41, 5.74) is 0. The molecule has 1 unspecified atom stereocenters. The van der Waals surface area contributed by atoms with E-state index in [1.54, 1.807) is 11.8 Å². The number of rotatable bonds is 6. The number of ether oxygens (including phenoxy) is 1. The van der Waals surface area contributed by atoms with Crippen molar-refractivity contribution >= 4 is 17.7 Å². The molecule has 0 aliphatic carbocycles. The third-order valence-electron chi connectivity index (χ3n) is 1.47. The van der Waals surface area contributed by atoms with Crippen molar-refractivity contribution in [2.75, 3.05) is 19.3 Å². The molecule has 4 heteroatoms. The highest BCUT2D eigenvalue weighted by Crippen LogP contribution is 2.02. The molecule has 0 fully saturated rings. The number of nitrogens with one attached hydrogen (secondary N) is 1. The minimum Gasteiger partial charge on any atom is -0.462 e. The van der Waals surface area contributed by atoms with E-state index in [1.165, 1.54) is 0 Å². The van der Waals surface area contributed by atoms with Gasteiger partial charge in [0.2, 0.25) is 0 Å². The van der Waals surface area contributed by atoms with Gasteiger partial charge in [-0.1, -0.05) is 6.92 Å². The monoisotopic (exact) mass is 205 g/mol. The number of carbonyl (C=O) groups is 1. The number of hydrogen-bond donors (Lipinski definition) is 1. The Morgan fingerprint density at radius 2 is 2.08 bits per heavy atom. The summed E-state index contributed by atoms with van der Waals surface area (Å²) in [6, 6.07) is 0. The fourth-order valence-corrected chi connectivity index (χ4v) is 1.05. The first-order valence-corrected chi connectivity index (χ1v) is 5.78. The second-order valence-electron chi connectivity index (χ2n) is 3.22. The number of esters is 1. The molecule has 1 atom stereocenters. The second kappa shape index (κ2) is 7.21. The van der Waals surface area contributed by atoms with Gasteiger partial charge in [-0.05, 0) is 20.1 Å². The van der Waals surface area contributed by atoms with Crippen molar-refractivity contribution in [2.24, 2.45) is 0 Å². The zero-order valence-corrected chi connectivity index (χ0v) is 9.61. The zero-order valence-electron chi connectivity index (χ0n) is 8.79. The van der Waals surface area contributed by atoms with Crippen molar-refractivity contribution in [1.29, 1.82) is 0 Å². The van der Waals surface area contributed by atoms with E-state index in [0.29, 0.717) is 11.8 Å². The maximum Gasteiger partial charge on any atom is 0.320 e. The molecule has 0 rings (SSSR count). The largest absolute Gasteiger partial charge is 0.462 e. The van der Waals surface area contributed by atoms with Crippen LogP contribution in [0.25, 0.3) is 0 Å². The van der Waals surface area contributed by atoms with Crippen LogP contribution in [0, 0.1) is 0 Å². The molecule has 0 saturated carbocycles. The zero-order chi connectivity index (χ0) is 10.3. The van der Waals surface area contributed by atoms with Crippen LogP contribution in [0.4, 0.5) is 0 Å². The molecule has 0 aliphatic heterocycles. The van der Waals surface area contributed by atoms with Gasteiger partial charge in [0.25, 0.3) is 0 Å². The van der Waals surface area contributed by atoms with Gasteiger partial charge < -0.3 is 10.1 Å². The van der Waals surface area contributed by atoms with E-state index < -0.39 is 0 Å². The van der Waals surface area contributed by atoms with Gasteiger partial charge in [0.05, 0.1) is 12.6 Å². The normalized spacial score (nSPS) is 13.0. The lowest BCUT2D eigenvalue weighted by Gasteiger charge is -2.11. The van der Waals surface area contributed by atoms with Crippen LogP contribution >= 0.6 is 11.8 Å². The van der Waals surface area contributed by atoms with Crippen LogP contribution in [0.1, 0.15) is 20.8 Å². The van der Waals surface area contributed by atoms with E-state index in [1.807, 2.05) is 13.8 Å². The molecule has 0 aromatic rings. The van der Waals surface area contributed by atoms with Crippen LogP contribution in [0.15, 0.2) is 0 Å². The van der Waals surface area contributed by atoms with Crippen molar-refractivity contribution < 1.29 is 9.53 Å². The minimum absolute atomic E-state index is 0.0210. The highest BCUT2D eigenvalue weighted by molar-refractivity contribution is 7.99. The summed E-state index contributed by atoms with van der Waals surface area (Å²) in [5, 5.41) is 3.58. The first-order valence-electron chi connectivity index (χ1n) is 4.49. The summed E-state index contributed by atoms with van der Waals surface area (Å²) in [6.45, 7) is 6.97. The van der Waals surface area contributed by atoms with E-state index in [0.717, 1.165) is 6.54 Å². The van der Waals surface area contributed by atoms with Gasteiger partial charge in [-0.3, -0.25) is 4.79 Å². The van der Waals surface area contributed by atoms with Crippen LogP contribution in [0.2, 0.25) is 0 Å². The molecular formula is C9H19NO2S. The summed E-state index contributed by atoms with van der Waals surface area (Å²) in [7, 11) is 0. The van der Waals surface area contributed by atoms with Gasteiger partial charge in [0.15, 0.2) is 0 Å². The van der Waals surface area contributed by atoms with Gasteiger partial charge in [-0.2, -0.15) is 11.8 Å². The van der Waals surface area contributed by atoms with Crippen LogP contribution in [-0.4, -0.2) is 36.7 Å². The molecule has 78 valence electrons. The Labute approximate surface area is 84.6 Å². The molecule has 0 radical (unpaired) electrons. The molecule has 0 aromatic heterocycles. The first kappa shape index (κ1) is 12.8. The van der Waals surface area contributed by atoms with Crippen molar-refractivity contribution in [1.82, 2.24) is 5.32 Å². The first-order chi connectivity index (χ1) is 6.06. The summed E-state index contributed by atoms with van der Waals surface area (Å²) >= 11 is 1.78. The van der Waals surface area contributed by atoms with Gasteiger partial charge in [-0.15, -0.1) is 0 Å². The molecule has 0 aromatic carbocycles. The van der Waals surface area contributed by atoms with Gasteiger partial charge >= 0.3 is 5.97 Å². The van der Waals surface area contributed by atoms with Gasteiger partial charge in [0.1, 0.15) is 0 Å². The van der Waals surface area contributed by atoms with E-state index in [2.05, 4.69) is 18.5 Å². The Kier molecular flexibility index (Phi) is 7.09. The van der Waals surface area contributed by atoms with Gasteiger partial charge in [0, 0.05) is 11.8 Å². The fraction of sp³-hybridized carbons (Fsp3) is 0.889. The quantitative estimate of drug-likeness (QED) is 0.663. The average Bonchev–Trinajstić information content (AvgIpc) is 2.02. The molecule has 1 N–H and O–H groups in total. The topological polar surface area (TPSA) is 38.3 Å². The smallest absolute Gasteiger partial charge is 0.320 e. The maximum absolute atomic E-state index is 11.0. The van der Waals surface area contributed by atoms with Crippen LogP contribution < -0.4 is 5.32 Å². The molecule has 13 heavy (non-hydrogen) atoms. The Morgan fingerprint density at radius 1 is 1.46 bits per heavy atom. The second-order valence-corrected chi connectivity index (χ2v) is 4.49. The fourth-order valence-electron chi connectivity index (χ4n) is 0.765. The van der Waals surface area contributed by atoms with Crippen molar-refractivity contribution in [3.63, 3.8) is 0 Å². The lowest BCUT2D eigenvalue weighted by molar-refractivity contribution is -0.146. The number of thioether (sulfide) groups is 1. The summed E-state index contributed by atoms with van der Waals surface area (Å²) in [4.78, 5) is 11.0. The highest BCUT2D eigenvalue weighted by Gasteiger charge is 2.05. The summed E-state index contributed by atoms with van der Waals surface area (Å²) in [6.07, 6.45) is 2.03. The average molecular weight is 205 g/mol. The Bertz CT molecular complexity index is 151. The lowest BCUT2D eigenvalue weighted by atomic mass is 10.4. The molecule has 0 heterocycles. The van der Waals surface area contributed by atoms with Crippen LogP contribution in [0.3, 0.4) is 0 Å². The molecule has 0 amide bonds. The van der Waals surface area contributed by atoms with E-state index in [9.17, 15) is 4.79 Å². The van der Waals surface area contributed by atoms with E-state index in [4.69, 9.17) is 4.74 Å². The maximum atomic E-state index is 11.0. The van der Waals surface area contributed by atoms with Crippen molar-refractivity contribution in [2.45, 2.75) is 32.1 Å². The molecule has 3 nitrogen and oxygen atoms in total. The van der Waals surface area contributed by atoms with Gasteiger partial charge in [-0.25, -0.2) is 0 Å². The Hall–Kier alpha value is -0.220. The molecule has 0 saturated heterocycles. The number of carbonyl (C=O) groups excluding carboxylic acids is 1. The molecular weight excluding hydrogens is 186 g/mol. The van der Waals surface area contributed by atoms with Crippen molar-refractivity contribution in [3.05, 3.63) is 0 Å². The third kappa shape index (κ3) is 8.12. The van der Waals surface area contributed by atoms with E-state index >= 15 is 0 Å². The molecule has 0 aliphatic rings. The predicted octanol–water partition coefficient (Wildman–Crippen LogP) is 1.28.